The fourth-order valence-corrected chi connectivity index (χ4v) is 5.28. The third-order valence-electron chi connectivity index (χ3n) is 5.30. The minimum Gasteiger partial charge on any atom is -0.384 e. The van der Waals surface area contributed by atoms with Gasteiger partial charge in [-0.2, -0.15) is 5.26 Å². The average Bonchev–Trinajstić information content (AvgIpc) is 3.16. The molecule has 6 heteroatoms. The van der Waals surface area contributed by atoms with Crippen LogP contribution in [-0.2, 0) is 11.2 Å². The fraction of sp³-hybridized carbons (Fsp3) is 0.273. The third kappa shape index (κ3) is 3.03. The summed E-state index contributed by atoms with van der Waals surface area (Å²) in [7, 11) is 0. The van der Waals surface area contributed by atoms with Gasteiger partial charge in [0.25, 0.3) is 0 Å². The lowest BCUT2D eigenvalue weighted by atomic mass is 9.78. The highest BCUT2D eigenvalue weighted by atomic mass is 35.5. The van der Waals surface area contributed by atoms with Crippen molar-refractivity contribution in [2.45, 2.75) is 38.5 Å². The molecule has 0 unspecified atom stereocenters. The van der Waals surface area contributed by atoms with Crippen LogP contribution in [0.15, 0.2) is 59.1 Å². The van der Waals surface area contributed by atoms with Crippen LogP contribution in [0.2, 0.25) is 5.02 Å². The topological polar surface area (TPSA) is 70.1 Å². The Bertz CT molecular complexity index is 1060. The van der Waals surface area contributed by atoms with Crippen LogP contribution in [0.25, 0.3) is 0 Å². The number of nitrogens with zero attached hydrogens (tertiary/aromatic N) is 2. The zero-order valence-electron chi connectivity index (χ0n) is 15.5. The van der Waals surface area contributed by atoms with Crippen LogP contribution in [0.3, 0.4) is 0 Å². The van der Waals surface area contributed by atoms with Crippen LogP contribution in [0, 0.1) is 11.3 Å². The number of hydrogen-bond acceptors (Lipinski definition) is 5. The maximum Gasteiger partial charge on any atom is 0.161 e. The second kappa shape index (κ2) is 7.46. The van der Waals surface area contributed by atoms with E-state index in [9.17, 15) is 10.1 Å². The van der Waals surface area contributed by atoms with E-state index in [2.05, 4.69) is 19.1 Å². The molecular weight excluding hydrogens is 390 g/mol. The number of carbonyl (C=O) groups excluding carboxylic acids is 1. The molecule has 1 aliphatic carbocycles. The molecule has 2 aromatic rings. The minimum absolute atomic E-state index is 0.102. The number of anilines is 1. The number of thiophene rings is 1. The van der Waals surface area contributed by atoms with Crippen molar-refractivity contribution < 1.29 is 4.79 Å². The van der Waals surface area contributed by atoms with E-state index in [0.29, 0.717) is 28.4 Å². The van der Waals surface area contributed by atoms with E-state index < -0.39 is 0 Å². The number of benzene rings is 1. The third-order valence-corrected chi connectivity index (χ3v) is 6.82. The van der Waals surface area contributed by atoms with Gasteiger partial charge in [-0.15, -0.1) is 11.3 Å². The molecule has 0 radical (unpaired) electrons. The summed E-state index contributed by atoms with van der Waals surface area (Å²) < 4.78 is 0. The Hall–Kier alpha value is -2.55. The van der Waals surface area contributed by atoms with Crippen molar-refractivity contribution >= 4 is 34.4 Å². The van der Waals surface area contributed by atoms with Crippen LogP contribution >= 0.6 is 22.9 Å². The molecule has 1 aromatic heterocycles. The van der Waals surface area contributed by atoms with Gasteiger partial charge in [-0.05, 0) is 49.6 Å². The zero-order valence-corrected chi connectivity index (χ0v) is 17.1. The molecule has 2 N–H and O–H groups in total. The van der Waals surface area contributed by atoms with Crippen LogP contribution in [-0.4, -0.2) is 5.78 Å². The first kappa shape index (κ1) is 18.8. The van der Waals surface area contributed by atoms with Gasteiger partial charge in [0, 0.05) is 38.2 Å². The number of allylic oxidation sites excluding steroid dienone is 3. The number of nitrogens with two attached hydrogens (primary N) is 1. The van der Waals surface area contributed by atoms with Gasteiger partial charge in [0.2, 0.25) is 0 Å². The van der Waals surface area contributed by atoms with E-state index in [0.717, 1.165) is 35.5 Å². The highest BCUT2D eigenvalue weighted by Gasteiger charge is 2.40. The summed E-state index contributed by atoms with van der Waals surface area (Å²) in [5.41, 5.74) is 9.34. The second-order valence-electron chi connectivity index (χ2n) is 6.95. The van der Waals surface area contributed by atoms with E-state index >= 15 is 0 Å². The Labute approximate surface area is 173 Å². The van der Waals surface area contributed by atoms with Crippen molar-refractivity contribution in [2.24, 2.45) is 5.73 Å². The number of hydrogen-bond donors (Lipinski definition) is 1. The molecule has 1 aliphatic heterocycles. The Morgan fingerprint density at radius 2 is 2.14 bits per heavy atom. The van der Waals surface area contributed by atoms with Crippen molar-refractivity contribution in [3.8, 4) is 6.07 Å². The van der Waals surface area contributed by atoms with Gasteiger partial charge in [-0.3, -0.25) is 9.69 Å². The molecule has 2 heterocycles. The first-order chi connectivity index (χ1) is 13.5. The molecule has 0 bridgehead atoms. The van der Waals surface area contributed by atoms with Gasteiger partial charge in [-0.25, -0.2) is 0 Å². The summed E-state index contributed by atoms with van der Waals surface area (Å²) in [6.45, 7) is 2.10. The summed E-state index contributed by atoms with van der Waals surface area (Å²) in [4.78, 5) is 17.1. The van der Waals surface area contributed by atoms with Crippen LogP contribution in [0.5, 0.6) is 0 Å². The molecule has 28 heavy (non-hydrogen) atoms. The van der Waals surface area contributed by atoms with Gasteiger partial charge in [0.15, 0.2) is 5.78 Å². The van der Waals surface area contributed by atoms with E-state index in [4.69, 9.17) is 17.3 Å². The van der Waals surface area contributed by atoms with Gasteiger partial charge in [0.05, 0.1) is 17.6 Å². The van der Waals surface area contributed by atoms with Crippen LogP contribution < -0.4 is 10.6 Å². The van der Waals surface area contributed by atoms with Crippen molar-refractivity contribution in [1.82, 2.24) is 0 Å². The predicted molar refractivity (Wildman–Crippen MR) is 113 cm³/mol. The number of nitriles is 1. The number of aryl methyl sites for hydroxylation is 1. The predicted octanol–water partition coefficient (Wildman–Crippen LogP) is 5.27. The maximum absolute atomic E-state index is 13.0. The standard InChI is InChI=1S/C22H20ClN3OS/c1-2-15-9-10-19(28-15)20-16(12-24)22(25)26(14-6-3-5-13(23)11-14)17-7-4-8-18(27)21(17)20/h3,5-6,9-11,20H,2,4,7-8,25H2,1H3/t20-/m1/s1. The number of halogens is 1. The SMILES string of the molecule is CCc1ccc([C@H]2C(C#N)=C(N)N(c3cccc(Cl)c3)C3=C2C(=O)CCC3)s1. The molecule has 4 rings (SSSR count). The Morgan fingerprint density at radius 3 is 2.82 bits per heavy atom. The summed E-state index contributed by atoms with van der Waals surface area (Å²) in [6.07, 6.45) is 2.95. The Balaban J connectivity index is 1.95. The summed E-state index contributed by atoms with van der Waals surface area (Å²) in [5, 5.41) is 10.6. The Morgan fingerprint density at radius 1 is 1.32 bits per heavy atom. The molecule has 1 atom stereocenters. The molecule has 0 fully saturated rings. The summed E-state index contributed by atoms with van der Waals surface area (Å²) in [6, 6.07) is 13.8. The zero-order chi connectivity index (χ0) is 19.8. The maximum atomic E-state index is 13.0. The Kier molecular flexibility index (Phi) is 5.01. The van der Waals surface area contributed by atoms with E-state index in [1.165, 1.54) is 4.88 Å². The van der Waals surface area contributed by atoms with Crippen LogP contribution in [0.1, 0.15) is 41.9 Å². The van der Waals surface area contributed by atoms with Crippen LogP contribution in [0.4, 0.5) is 5.69 Å². The lowest BCUT2D eigenvalue weighted by Crippen LogP contribution is -2.38. The van der Waals surface area contributed by atoms with Gasteiger partial charge in [-0.1, -0.05) is 24.6 Å². The number of rotatable bonds is 3. The highest BCUT2D eigenvalue weighted by molar-refractivity contribution is 7.12. The molecule has 4 nitrogen and oxygen atoms in total. The normalized spacial score (nSPS) is 19.7. The molecule has 0 saturated carbocycles. The monoisotopic (exact) mass is 409 g/mol. The van der Waals surface area contributed by atoms with Crippen molar-refractivity contribution in [2.75, 3.05) is 4.90 Å². The van der Waals surface area contributed by atoms with E-state index in [1.807, 2.05) is 29.2 Å². The molecule has 142 valence electrons. The molecule has 2 aliphatic rings. The summed E-state index contributed by atoms with van der Waals surface area (Å²) in [5.74, 6) is 0.105. The van der Waals surface area contributed by atoms with Gasteiger partial charge in [0.1, 0.15) is 5.82 Å². The van der Waals surface area contributed by atoms with Crippen molar-refractivity contribution in [3.05, 3.63) is 73.8 Å². The first-order valence-electron chi connectivity index (χ1n) is 9.35. The fourth-order valence-electron chi connectivity index (χ4n) is 4.02. The van der Waals surface area contributed by atoms with E-state index in [1.54, 1.807) is 17.4 Å². The van der Waals surface area contributed by atoms with Gasteiger partial charge >= 0.3 is 0 Å². The van der Waals surface area contributed by atoms with E-state index in [-0.39, 0.29) is 11.7 Å². The first-order valence-corrected chi connectivity index (χ1v) is 10.5. The second-order valence-corrected chi connectivity index (χ2v) is 8.59. The lowest BCUT2D eigenvalue weighted by Gasteiger charge is -2.39. The summed E-state index contributed by atoms with van der Waals surface area (Å²) >= 11 is 7.85. The smallest absolute Gasteiger partial charge is 0.161 e. The molecule has 1 aromatic carbocycles. The largest absolute Gasteiger partial charge is 0.384 e. The molecule has 0 spiro atoms. The number of Topliss-reactive ketones (excluding diaryl/α,β-unsaturated/α-hetero) is 1. The number of ketones is 1. The number of carbonyl (C=O) groups is 1. The quantitative estimate of drug-likeness (QED) is 0.749. The highest BCUT2D eigenvalue weighted by Crippen LogP contribution is 2.47. The lowest BCUT2D eigenvalue weighted by molar-refractivity contribution is -0.116. The minimum atomic E-state index is -0.381. The molecule has 0 amide bonds. The molecule has 0 saturated heterocycles. The van der Waals surface area contributed by atoms with Crippen molar-refractivity contribution in [1.29, 1.82) is 5.26 Å². The van der Waals surface area contributed by atoms with Gasteiger partial charge < -0.3 is 5.73 Å². The molecular formula is C22H20ClN3OS. The van der Waals surface area contributed by atoms with Crippen molar-refractivity contribution in [3.63, 3.8) is 0 Å². The average molecular weight is 410 g/mol.